The van der Waals surface area contributed by atoms with E-state index in [1.807, 2.05) is 0 Å². The summed E-state index contributed by atoms with van der Waals surface area (Å²) in [6, 6.07) is 2.95. The first kappa shape index (κ1) is 9.33. The lowest BCUT2D eigenvalue weighted by Gasteiger charge is -2.01. The van der Waals surface area contributed by atoms with Gasteiger partial charge in [-0.1, -0.05) is 0 Å². The fourth-order valence-corrected chi connectivity index (χ4v) is 1.45. The van der Waals surface area contributed by atoms with Crippen molar-refractivity contribution < 1.29 is 8.78 Å². The standard InChI is InChI=1S/C9H5BrF2N2/c10-7-2-1-6(8(11)9(7)12)5-3-13-14-4-5/h1-4H,(H,13,14). The van der Waals surface area contributed by atoms with Gasteiger partial charge >= 0.3 is 0 Å². The van der Waals surface area contributed by atoms with E-state index in [-0.39, 0.29) is 10.0 Å². The Morgan fingerprint density at radius 2 is 2.00 bits per heavy atom. The van der Waals surface area contributed by atoms with Gasteiger partial charge in [0, 0.05) is 17.3 Å². The molecule has 0 aliphatic heterocycles. The Morgan fingerprint density at radius 1 is 1.21 bits per heavy atom. The lowest BCUT2D eigenvalue weighted by atomic mass is 10.1. The van der Waals surface area contributed by atoms with Gasteiger partial charge in [0.05, 0.1) is 10.7 Å². The predicted molar refractivity (Wildman–Crippen MR) is 51.6 cm³/mol. The first-order valence-corrected chi connectivity index (χ1v) is 4.62. The maximum absolute atomic E-state index is 13.4. The first-order valence-electron chi connectivity index (χ1n) is 3.83. The number of rotatable bonds is 1. The number of hydrogen-bond acceptors (Lipinski definition) is 1. The lowest BCUT2D eigenvalue weighted by molar-refractivity contribution is 0.507. The van der Waals surface area contributed by atoms with Crippen LogP contribution >= 0.6 is 15.9 Å². The number of benzene rings is 1. The predicted octanol–water partition coefficient (Wildman–Crippen LogP) is 3.12. The van der Waals surface area contributed by atoms with Crippen molar-refractivity contribution in [2.75, 3.05) is 0 Å². The molecule has 1 N–H and O–H groups in total. The number of aromatic nitrogens is 2. The quantitative estimate of drug-likeness (QED) is 0.783. The average molecular weight is 259 g/mol. The van der Waals surface area contributed by atoms with Crippen molar-refractivity contribution in [2.24, 2.45) is 0 Å². The molecule has 1 aromatic carbocycles. The molecule has 1 heterocycles. The highest BCUT2D eigenvalue weighted by molar-refractivity contribution is 9.10. The second-order valence-electron chi connectivity index (χ2n) is 2.71. The molecule has 0 amide bonds. The third kappa shape index (κ3) is 1.43. The fourth-order valence-electron chi connectivity index (χ4n) is 1.15. The maximum atomic E-state index is 13.4. The molecule has 0 aliphatic rings. The number of H-pyrrole nitrogens is 1. The smallest absolute Gasteiger partial charge is 0.173 e. The Morgan fingerprint density at radius 3 is 2.64 bits per heavy atom. The highest BCUT2D eigenvalue weighted by atomic mass is 79.9. The molecule has 2 aromatic rings. The topological polar surface area (TPSA) is 28.7 Å². The summed E-state index contributed by atoms with van der Waals surface area (Å²) in [4.78, 5) is 0. The van der Waals surface area contributed by atoms with Crippen molar-refractivity contribution >= 4 is 15.9 Å². The number of nitrogens with one attached hydrogen (secondary N) is 1. The monoisotopic (exact) mass is 258 g/mol. The third-order valence-electron chi connectivity index (χ3n) is 1.84. The Hall–Kier alpha value is -1.23. The zero-order valence-electron chi connectivity index (χ0n) is 6.89. The van der Waals surface area contributed by atoms with Crippen LogP contribution in [0.1, 0.15) is 0 Å². The molecule has 0 fully saturated rings. The van der Waals surface area contributed by atoms with Gasteiger partial charge in [0.25, 0.3) is 0 Å². The van der Waals surface area contributed by atoms with Crippen LogP contribution in [0, 0.1) is 11.6 Å². The summed E-state index contributed by atoms with van der Waals surface area (Å²) >= 11 is 2.91. The largest absolute Gasteiger partial charge is 0.285 e. The van der Waals surface area contributed by atoms with Crippen molar-refractivity contribution in [1.29, 1.82) is 0 Å². The fraction of sp³-hybridized carbons (Fsp3) is 0. The van der Waals surface area contributed by atoms with E-state index in [4.69, 9.17) is 0 Å². The summed E-state index contributed by atoms with van der Waals surface area (Å²) < 4.78 is 26.6. The van der Waals surface area contributed by atoms with Crippen LogP contribution in [0.25, 0.3) is 11.1 Å². The van der Waals surface area contributed by atoms with E-state index in [1.165, 1.54) is 24.5 Å². The third-order valence-corrected chi connectivity index (χ3v) is 2.46. The molecule has 0 bridgehead atoms. The van der Waals surface area contributed by atoms with Gasteiger partial charge in [0.15, 0.2) is 11.6 Å². The van der Waals surface area contributed by atoms with Crippen LogP contribution in [0.3, 0.4) is 0 Å². The van der Waals surface area contributed by atoms with Gasteiger partial charge in [-0.25, -0.2) is 8.78 Å². The van der Waals surface area contributed by atoms with Gasteiger partial charge in [0.2, 0.25) is 0 Å². The van der Waals surface area contributed by atoms with E-state index < -0.39 is 11.6 Å². The molecule has 0 spiro atoms. The van der Waals surface area contributed by atoms with Crippen LogP contribution in [-0.2, 0) is 0 Å². The highest BCUT2D eigenvalue weighted by Crippen LogP contribution is 2.27. The van der Waals surface area contributed by atoms with Crippen LogP contribution in [0.4, 0.5) is 8.78 Å². The molecule has 5 heteroatoms. The van der Waals surface area contributed by atoms with Gasteiger partial charge in [-0.3, -0.25) is 5.10 Å². The Bertz CT molecular complexity index is 454. The van der Waals surface area contributed by atoms with E-state index in [0.29, 0.717) is 5.56 Å². The van der Waals surface area contributed by atoms with Crippen molar-refractivity contribution in [3.8, 4) is 11.1 Å². The summed E-state index contributed by atoms with van der Waals surface area (Å²) in [6.07, 6.45) is 2.94. The second kappa shape index (κ2) is 3.49. The van der Waals surface area contributed by atoms with E-state index in [1.54, 1.807) is 0 Å². The number of halogens is 3. The van der Waals surface area contributed by atoms with Gasteiger partial charge in [-0.05, 0) is 28.1 Å². The van der Waals surface area contributed by atoms with Crippen molar-refractivity contribution in [2.45, 2.75) is 0 Å². The molecular formula is C9H5BrF2N2. The molecular weight excluding hydrogens is 254 g/mol. The highest BCUT2D eigenvalue weighted by Gasteiger charge is 2.13. The summed E-state index contributed by atoms with van der Waals surface area (Å²) in [6.45, 7) is 0. The minimum absolute atomic E-state index is 0.113. The Balaban J connectivity index is 2.61. The summed E-state index contributed by atoms with van der Waals surface area (Å²) in [7, 11) is 0. The molecule has 0 atom stereocenters. The van der Waals surface area contributed by atoms with Gasteiger partial charge < -0.3 is 0 Å². The SMILES string of the molecule is Fc1c(Br)ccc(-c2cn[nH]c2)c1F. The number of hydrogen-bond donors (Lipinski definition) is 1. The number of aromatic amines is 1. The molecule has 0 saturated heterocycles. The summed E-state index contributed by atoms with van der Waals surface area (Å²) in [5.41, 5.74) is 0.716. The van der Waals surface area contributed by atoms with E-state index in [0.717, 1.165) is 0 Å². The van der Waals surface area contributed by atoms with Crippen LogP contribution in [0.2, 0.25) is 0 Å². The molecule has 2 rings (SSSR count). The van der Waals surface area contributed by atoms with Gasteiger partial charge in [-0.2, -0.15) is 5.10 Å². The maximum Gasteiger partial charge on any atom is 0.173 e. The summed E-state index contributed by atoms with van der Waals surface area (Å²) in [5.74, 6) is -1.76. The minimum atomic E-state index is -0.885. The van der Waals surface area contributed by atoms with Crippen LogP contribution in [-0.4, -0.2) is 10.2 Å². The van der Waals surface area contributed by atoms with E-state index in [9.17, 15) is 8.78 Å². The molecule has 0 unspecified atom stereocenters. The van der Waals surface area contributed by atoms with E-state index >= 15 is 0 Å². The molecule has 72 valence electrons. The Labute approximate surface area is 87.1 Å². The van der Waals surface area contributed by atoms with Gasteiger partial charge in [-0.15, -0.1) is 0 Å². The molecule has 2 nitrogen and oxygen atoms in total. The minimum Gasteiger partial charge on any atom is -0.285 e. The Kier molecular flexibility index (Phi) is 2.33. The lowest BCUT2D eigenvalue weighted by Crippen LogP contribution is -1.89. The first-order chi connectivity index (χ1) is 6.70. The number of nitrogens with zero attached hydrogens (tertiary/aromatic N) is 1. The van der Waals surface area contributed by atoms with Crippen molar-refractivity contribution in [3.05, 3.63) is 40.6 Å². The molecule has 0 aliphatic carbocycles. The zero-order chi connectivity index (χ0) is 10.1. The van der Waals surface area contributed by atoms with Crippen LogP contribution < -0.4 is 0 Å². The van der Waals surface area contributed by atoms with Crippen LogP contribution in [0.15, 0.2) is 29.0 Å². The van der Waals surface area contributed by atoms with Crippen LogP contribution in [0.5, 0.6) is 0 Å². The normalized spacial score (nSPS) is 10.5. The van der Waals surface area contributed by atoms with Crippen molar-refractivity contribution in [3.63, 3.8) is 0 Å². The van der Waals surface area contributed by atoms with Gasteiger partial charge in [0.1, 0.15) is 0 Å². The zero-order valence-corrected chi connectivity index (χ0v) is 8.48. The molecule has 0 saturated carbocycles. The average Bonchev–Trinajstić information content (AvgIpc) is 2.67. The molecule has 1 aromatic heterocycles. The second-order valence-corrected chi connectivity index (χ2v) is 3.56. The van der Waals surface area contributed by atoms with E-state index in [2.05, 4.69) is 26.1 Å². The molecule has 14 heavy (non-hydrogen) atoms. The summed E-state index contributed by atoms with van der Waals surface area (Å²) in [5, 5.41) is 6.20. The molecule has 0 radical (unpaired) electrons. The van der Waals surface area contributed by atoms with Crippen molar-refractivity contribution in [1.82, 2.24) is 10.2 Å².